The summed E-state index contributed by atoms with van der Waals surface area (Å²) in [5.41, 5.74) is 1.83. The molecule has 1 atom stereocenters. The average Bonchev–Trinajstić information content (AvgIpc) is 2.96. The topological polar surface area (TPSA) is 70.0 Å². The number of hydrogen-bond donors (Lipinski definition) is 1. The molecular formula is C18H16N2O2. The maximum Gasteiger partial charge on any atom is 0.156 e. The van der Waals surface area contributed by atoms with Crippen LogP contribution in [0.25, 0.3) is 11.0 Å². The third kappa shape index (κ3) is 2.47. The number of aliphatic hydroxyl groups is 1. The van der Waals surface area contributed by atoms with E-state index in [2.05, 4.69) is 11.1 Å². The van der Waals surface area contributed by atoms with Crippen molar-refractivity contribution in [2.45, 2.75) is 25.4 Å². The highest BCUT2D eigenvalue weighted by molar-refractivity contribution is 5.79. The van der Waals surface area contributed by atoms with Crippen LogP contribution in [0.1, 0.15) is 36.6 Å². The van der Waals surface area contributed by atoms with Crippen LogP contribution in [0.15, 0.2) is 53.3 Å². The van der Waals surface area contributed by atoms with Crippen LogP contribution in [0, 0.1) is 11.3 Å². The predicted molar refractivity (Wildman–Crippen MR) is 83.3 cm³/mol. The van der Waals surface area contributed by atoms with Gasteiger partial charge in [-0.2, -0.15) is 5.26 Å². The van der Waals surface area contributed by atoms with E-state index in [1.165, 1.54) is 0 Å². The lowest BCUT2D eigenvalue weighted by Gasteiger charge is -2.29. The van der Waals surface area contributed by atoms with Gasteiger partial charge in [0.05, 0.1) is 35.1 Å². The van der Waals surface area contributed by atoms with E-state index in [0.717, 1.165) is 10.9 Å². The molecule has 0 saturated heterocycles. The van der Waals surface area contributed by atoms with Crippen LogP contribution in [0.4, 0.5) is 0 Å². The quantitative estimate of drug-likeness (QED) is 0.800. The number of rotatable bonds is 3. The molecule has 0 spiro atoms. The Bertz CT molecular complexity index is 836. The number of nitrogens with zero attached hydrogens (tertiary/aromatic N) is 2. The molecule has 0 amide bonds. The molecule has 110 valence electrons. The molecule has 1 N–H and O–H groups in total. The molecule has 0 saturated carbocycles. The molecule has 3 aromatic rings. The highest BCUT2D eigenvalue weighted by Gasteiger charge is 2.33. The maximum absolute atomic E-state index is 10.7. The van der Waals surface area contributed by atoms with Gasteiger partial charge in [-0.05, 0) is 43.7 Å². The van der Waals surface area contributed by atoms with Crippen molar-refractivity contribution in [2.75, 3.05) is 0 Å². The van der Waals surface area contributed by atoms with Gasteiger partial charge in [-0.3, -0.25) is 4.98 Å². The zero-order valence-corrected chi connectivity index (χ0v) is 12.4. The first kappa shape index (κ1) is 14.3. The monoisotopic (exact) mass is 292 g/mol. The fraction of sp³-hybridized carbons (Fsp3) is 0.222. The highest BCUT2D eigenvalue weighted by atomic mass is 16.3. The Hall–Kier alpha value is -2.64. The zero-order valence-electron chi connectivity index (χ0n) is 12.4. The van der Waals surface area contributed by atoms with Crippen LogP contribution in [0.3, 0.4) is 0 Å². The first-order chi connectivity index (χ1) is 10.5. The van der Waals surface area contributed by atoms with Crippen molar-refractivity contribution in [3.8, 4) is 6.07 Å². The minimum absolute atomic E-state index is 0.352. The second-order valence-electron chi connectivity index (χ2n) is 5.86. The Labute approximate surface area is 128 Å². The van der Waals surface area contributed by atoms with Gasteiger partial charge in [0.1, 0.15) is 0 Å². The first-order valence-electron chi connectivity index (χ1n) is 7.05. The smallest absolute Gasteiger partial charge is 0.156 e. The van der Waals surface area contributed by atoms with Crippen LogP contribution in [0.2, 0.25) is 0 Å². The summed E-state index contributed by atoms with van der Waals surface area (Å²) >= 11 is 0. The van der Waals surface area contributed by atoms with Crippen molar-refractivity contribution in [1.82, 2.24) is 4.98 Å². The number of furan rings is 1. The van der Waals surface area contributed by atoms with Crippen molar-refractivity contribution in [3.05, 3.63) is 65.7 Å². The number of pyridine rings is 1. The molecule has 2 heterocycles. The minimum atomic E-state index is -1.03. The van der Waals surface area contributed by atoms with Crippen molar-refractivity contribution in [2.24, 2.45) is 0 Å². The molecule has 0 radical (unpaired) electrons. The Morgan fingerprint density at radius 2 is 1.91 bits per heavy atom. The summed E-state index contributed by atoms with van der Waals surface area (Å²) in [5, 5.41) is 20.5. The molecule has 0 aliphatic heterocycles. The number of fused-ring (bicyclic) bond motifs is 1. The van der Waals surface area contributed by atoms with Gasteiger partial charge in [-0.25, -0.2) is 0 Å². The Balaban J connectivity index is 2.19. The molecule has 2 aromatic heterocycles. The van der Waals surface area contributed by atoms with Crippen molar-refractivity contribution in [1.29, 1.82) is 5.26 Å². The van der Waals surface area contributed by atoms with Crippen LogP contribution in [-0.2, 0) is 0 Å². The van der Waals surface area contributed by atoms with Crippen LogP contribution in [0.5, 0.6) is 0 Å². The normalized spacial score (nSPS) is 13.0. The summed E-state index contributed by atoms with van der Waals surface area (Å²) in [7, 11) is 0. The van der Waals surface area contributed by atoms with E-state index in [4.69, 9.17) is 9.68 Å². The molecule has 1 aromatic carbocycles. The first-order valence-corrected chi connectivity index (χ1v) is 7.05. The summed E-state index contributed by atoms with van der Waals surface area (Å²) in [4.78, 5) is 4.45. The lowest BCUT2D eigenvalue weighted by molar-refractivity contribution is 0.0616. The van der Waals surface area contributed by atoms with Crippen molar-refractivity contribution in [3.63, 3.8) is 0 Å². The standard InChI is InChI=1S/C18H16N2O2/c1-18(2,21)15(13-5-3-12(11-19)4-6-13)16-17-14(7-9-20-16)8-10-22-17/h3-10,15,21H,1-2H3. The minimum Gasteiger partial charge on any atom is -0.462 e. The summed E-state index contributed by atoms with van der Waals surface area (Å²) in [6.07, 6.45) is 3.34. The average molecular weight is 292 g/mol. The fourth-order valence-corrected chi connectivity index (χ4v) is 2.77. The van der Waals surface area contributed by atoms with E-state index in [0.29, 0.717) is 16.8 Å². The summed E-state index contributed by atoms with van der Waals surface area (Å²) in [6.45, 7) is 3.50. The molecule has 0 aliphatic rings. The number of nitriles is 1. The molecular weight excluding hydrogens is 276 g/mol. The largest absolute Gasteiger partial charge is 0.462 e. The fourth-order valence-electron chi connectivity index (χ4n) is 2.77. The van der Waals surface area contributed by atoms with E-state index < -0.39 is 5.60 Å². The molecule has 0 aliphatic carbocycles. The second-order valence-corrected chi connectivity index (χ2v) is 5.86. The predicted octanol–water partition coefficient (Wildman–Crippen LogP) is 3.60. The molecule has 4 heteroatoms. The Kier molecular flexibility index (Phi) is 3.44. The van der Waals surface area contributed by atoms with Crippen molar-refractivity contribution >= 4 is 11.0 Å². The molecule has 4 nitrogen and oxygen atoms in total. The third-order valence-electron chi connectivity index (χ3n) is 3.75. The summed E-state index contributed by atoms with van der Waals surface area (Å²) < 4.78 is 5.57. The molecule has 0 fully saturated rings. The lowest BCUT2D eigenvalue weighted by atomic mass is 9.81. The van der Waals surface area contributed by atoms with Gasteiger partial charge in [-0.15, -0.1) is 0 Å². The van der Waals surface area contributed by atoms with Gasteiger partial charge in [0.15, 0.2) is 5.58 Å². The van der Waals surface area contributed by atoms with Gasteiger partial charge in [0, 0.05) is 11.6 Å². The van der Waals surface area contributed by atoms with Gasteiger partial charge >= 0.3 is 0 Å². The van der Waals surface area contributed by atoms with Crippen LogP contribution in [-0.4, -0.2) is 15.7 Å². The molecule has 0 bridgehead atoms. The molecule has 3 rings (SSSR count). The van der Waals surface area contributed by atoms with Gasteiger partial charge < -0.3 is 9.52 Å². The van der Waals surface area contributed by atoms with Crippen molar-refractivity contribution < 1.29 is 9.52 Å². The Morgan fingerprint density at radius 1 is 1.18 bits per heavy atom. The van der Waals surface area contributed by atoms with Gasteiger partial charge in [0.2, 0.25) is 0 Å². The maximum atomic E-state index is 10.7. The number of benzene rings is 1. The van der Waals surface area contributed by atoms with Gasteiger partial charge in [-0.1, -0.05) is 12.1 Å². The molecule has 22 heavy (non-hydrogen) atoms. The molecule has 1 unspecified atom stereocenters. The van der Waals surface area contributed by atoms with E-state index in [1.807, 2.05) is 24.3 Å². The van der Waals surface area contributed by atoms with E-state index in [-0.39, 0.29) is 5.92 Å². The summed E-state index contributed by atoms with van der Waals surface area (Å²) in [5.74, 6) is -0.352. The van der Waals surface area contributed by atoms with E-state index >= 15 is 0 Å². The highest BCUT2D eigenvalue weighted by Crippen LogP contribution is 2.37. The van der Waals surface area contributed by atoms with E-state index in [9.17, 15) is 5.11 Å². The van der Waals surface area contributed by atoms with Crippen LogP contribution >= 0.6 is 0 Å². The SMILES string of the molecule is CC(C)(O)C(c1ccc(C#N)cc1)c1nccc2ccoc12. The third-order valence-corrected chi connectivity index (χ3v) is 3.75. The zero-order chi connectivity index (χ0) is 15.7. The Morgan fingerprint density at radius 3 is 2.55 bits per heavy atom. The van der Waals surface area contributed by atoms with Gasteiger partial charge in [0.25, 0.3) is 0 Å². The lowest BCUT2D eigenvalue weighted by Crippen LogP contribution is -2.30. The summed E-state index contributed by atoms with van der Waals surface area (Å²) in [6, 6.07) is 13.1. The van der Waals surface area contributed by atoms with Crippen LogP contribution < -0.4 is 0 Å². The van der Waals surface area contributed by atoms with E-state index in [1.54, 1.807) is 38.4 Å². The number of hydrogen-bond acceptors (Lipinski definition) is 4. The number of aromatic nitrogens is 1. The second kappa shape index (κ2) is 5.28.